The molecule has 0 aliphatic rings. The fraction of sp³-hybridized carbons (Fsp3) is 0.417. The molecule has 1 aromatic carbocycles. The molecule has 3 nitrogen and oxygen atoms in total. The number of halogens is 3. The van der Waals surface area contributed by atoms with Gasteiger partial charge in [0.25, 0.3) is 0 Å². The Labute approximate surface area is 103 Å². The van der Waals surface area contributed by atoms with Crippen LogP contribution in [0.15, 0.2) is 18.2 Å². The molecule has 0 amide bonds. The lowest BCUT2D eigenvalue weighted by Crippen LogP contribution is -2.13. The third-order valence-corrected chi connectivity index (χ3v) is 2.21. The molecule has 0 saturated carbocycles. The van der Waals surface area contributed by atoms with Gasteiger partial charge in [-0.2, -0.15) is 13.2 Å². The van der Waals surface area contributed by atoms with Crippen LogP contribution in [-0.4, -0.2) is 25.7 Å². The van der Waals surface area contributed by atoms with E-state index in [1.165, 1.54) is 32.2 Å². The van der Waals surface area contributed by atoms with Crippen molar-refractivity contribution < 1.29 is 27.4 Å². The Morgan fingerprint density at radius 2 is 1.94 bits per heavy atom. The summed E-state index contributed by atoms with van der Waals surface area (Å²) in [6, 6.07) is 4.34. The Morgan fingerprint density at radius 3 is 2.44 bits per heavy atom. The fourth-order valence-electron chi connectivity index (χ4n) is 1.28. The zero-order valence-corrected chi connectivity index (χ0v) is 10.0. The SMILES string of the molecule is COc1cc(C(C)=O)ccc1OCCC(F)(F)F. The summed E-state index contributed by atoms with van der Waals surface area (Å²) in [7, 11) is 1.36. The minimum atomic E-state index is -4.26. The molecule has 0 unspecified atom stereocenters. The largest absolute Gasteiger partial charge is 0.493 e. The van der Waals surface area contributed by atoms with Gasteiger partial charge in [0.05, 0.1) is 20.1 Å². The van der Waals surface area contributed by atoms with Crippen molar-refractivity contribution in [3.8, 4) is 11.5 Å². The van der Waals surface area contributed by atoms with Gasteiger partial charge < -0.3 is 9.47 Å². The molecule has 0 heterocycles. The van der Waals surface area contributed by atoms with Crippen LogP contribution in [0.1, 0.15) is 23.7 Å². The predicted molar refractivity (Wildman–Crippen MR) is 59.2 cm³/mol. The van der Waals surface area contributed by atoms with E-state index in [1.807, 2.05) is 0 Å². The standard InChI is InChI=1S/C12H13F3O3/c1-8(16)9-3-4-10(11(7-9)17-2)18-6-5-12(13,14)15/h3-4,7H,5-6H2,1-2H3. The molecule has 0 aromatic heterocycles. The van der Waals surface area contributed by atoms with Gasteiger partial charge in [-0.25, -0.2) is 0 Å². The minimum Gasteiger partial charge on any atom is -0.493 e. The van der Waals surface area contributed by atoms with Crippen molar-refractivity contribution in [2.24, 2.45) is 0 Å². The maximum absolute atomic E-state index is 12.0. The van der Waals surface area contributed by atoms with Crippen LogP contribution in [0.4, 0.5) is 13.2 Å². The van der Waals surface area contributed by atoms with Gasteiger partial charge in [-0.05, 0) is 25.1 Å². The zero-order valence-electron chi connectivity index (χ0n) is 10.0. The first-order valence-electron chi connectivity index (χ1n) is 5.22. The molecule has 0 atom stereocenters. The van der Waals surface area contributed by atoms with Crippen LogP contribution in [0.3, 0.4) is 0 Å². The van der Waals surface area contributed by atoms with E-state index in [9.17, 15) is 18.0 Å². The van der Waals surface area contributed by atoms with E-state index in [0.717, 1.165) is 0 Å². The maximum Gasteiger partial charge on any atom is 0.392 e. The lowest BCUT2D eigenvalue weighted by Gasteiger charge is -2.12. The number of ketones is 1. The Kier molecular flexibility index (Phi) is 4.58. The van der Waals surface area contributed by atoms with E-state index in [4.69, 9.17) is 9.47 Å². The van der Waals surface area contributed by atoms with Gasteiger partial charge in [0.2, 0.25) is 0 Å². The molecule has 0 radical (unpaired) electrons. The van der Waals surface area contributed by atoms with Gasteiger partial charge >= 0.3 is 6.18 Å². The highest BCUT2D eigenvalue weighted by molar-refractivity contribution is 5.94. The van der Waals surface area contributed by atoms with Gasteiger partial charge in [-0.1, -0.05) is 0 Å². The monoisotopic (exact) mass is 262 g/mol. The summed E-state index contributed by atoms with van der Waals surface area (Å²) in [5.41, 5.74) is 0.412. The van der Waals surface area contributed by atoms with Gasteiger partial charge in [0.1, 0.15) is 0 Å². The molecule has 18 heavy (non-hydrogen) atoms. The van der Waals surface area contributed by atoms with E-state index in [2.05, 4.69) is 0 Å². The van der Waals surface area contributed by atoms with Crippen molar-refractivity contribution in [3.63, 3.8) is 0 Å². The van der Waals surface area contributed by atoms with Crippen LogP contribution < -0.4 is 9.47 Å². The van der Waals surface area contributed by atoms with Crippen molar-refractivity contribution >= 4 is 5.78 Å². The van der Waals surface area contributed by atoms with Crippen LogP contribution in [0.25, 0.3) is 0 Å². The first kappa shape index (κ1) is 14.3. The molecule has 1 rings (SSSR count). The van der Waals surface area contributed by atoms with Gasteiger partial charge in [0.15, 0.2) is 17.3 Å². The first-order chi connectivity index (χ1) is 8.33. The number of Topliss-reactive ketones (excluding diaryl/α,β-unsaturated/α-hetero) is 1. The highest BCUT2D eigenvalue weighted by Gasteiger charge is 2.27. The van der Waals surface area contributed by atoms with Crippen molar-refractivity contribution in [1.82, 2.24) is 0 Å². The van der Waals surface area contributed by atoms with Crippen LogP contribution in [0.5, 0.6) is 11.5 Å². The lowest BCUT2D eigenvalue weighted by molar-refractivity contribution is -0.139. The van der Waals surface area contributed by atoms with Crippen molar-refractivity contribution in [2.75, 3.05) is 13.7 Å². The average molecular weight is 262 g/mol. The van der Waals surface area contributed by atoms with E-state index in [0.29, 0.717) is 5.56 Å². The number of hydrogen-bond acceptors (Lipinski definition) is 3. The topological polar surface area (TPSA) is 35.5 Å². The lowest BCUT2D eigenvalue weighted by atomic mass is 10.1. The molecule has 0 spiro atoms. The molecule has 6 heteroatoms. The van der Waals surface area contributed by atoms with Crippen molar-refractivity contribution in [3.05, 3.63) is 23.8 Å². The molecule has 0 bridgehead atoms. The second-order valence-electron chi connectivity index (χ2n) is 3.64. The van der Waals surface area contributed by atoms with E-state index < -0.39 is 19.2 Å². The number of carbonyl (C=O) groups is 1. The smallest absolute Gasteiger partial charge is 0.392 e. The Balaban J connectivity index is 2.74. The van der Waals surface area contributed by atoms with E-state index in [1.54, 1.807) is 0 Å². The predicted octanol–water partition coefficient (Wildman–Crippen LogP) is 3.23. The quantitative estimate of drug-likeness (QED) is 0.764. The minimum absolute atomic E-state index is 0.157. The Bertz CT molecular complexity index is 427. The van der Waals surface area contributed by atoms with Crippen LogP contribution in [-0.2, 0) is 0 Å². The summed E-state index contributed by atoms with van der Waals surface area (Å²) in [5, 5.41) is 0. The van der Waals surface area contributed by atoms with Crippen LogP contribution in [0, 0.1) is 0 Å². The number of carbonyl (C=O) groups excluding carboxylic acids is 1. The highest BCUT2D eigenvalue weighted by Crippen LogP contribution is 2.29. The van der Waals surface area contributed by atoms with Crippen molar-refractivity contribution in [2.45, 2.75) is 19.5 Å². The Morgan fingerprint density at radius 1 is 1.28 bits per heavy atom. The van der Waals surface area contributed by atoms with Gasteiger partial charge in [-0.3, -0.25) is 4.79 Å². The van der Waals surface area contributed by atoms with Gasteiger partial charge in [-0.15, -0.1) is 0 Å². The summed E-state index contributed by atoms with van der Waals surface area (Å²) in [5.74, 6) is 0.270. The van der Waals surface area contributed by atoms with Crippen LogP contribution in [0.2, 0.25) is 0 Å². The number of hydrogen-bond donors (Lipinski definition) is 0. The molecule has 100 valence electrons. The summed E-state index contributed by atoms with van der Waals surface area (Å²) < 4.78 is 45.8. The molecule has 0 aliphatic carbocycles. The molecule has 1 aromatic rings. The highest BCUT2D eigenvalue weighted by atomic mass is 19.4. The number of methoxy groups -OCH3 is 1. The molecule has 0 aliphatic heterocycles. The molecule has 0 N–H and O–H groups in total. The maximum atomic E-state index is 12.0. The normalized spacial score (nSPS) is 11.2. The van der Waals surface area contributed by atoms with Crippen LogP contribution >= 0.6 is 0 Å². The zero-order chi connectivity index (χ0) is 13.8. The van der Waals surface area contributed by atoms with Crippen molar-refractivity contribution in [1.29, 1.82) is 0 Å². The third kappa shape index (κ3) is 4.27. The second kappa shape index (κ2) is 5.75. The second-order valence-corrected chi connectivity index (χ2v) is 3.64. The summed E-state index contributed by atoms with van der Waals surface area (Å²) >= 11 is 0. The summed E-state index contributed by atoms with van der Waals surface area (Å²) in [4.78, 5) is 11.1. The molecular formula is C12H13F3O3. The third-order valence-electron chi connectivity index (χ3n) is 2.21. The number of rotatable bonds is 5. The first-order valence-corrected chi connectivity index (χ1v) is 5.22. The number of alkyl halides is 3. The number of ether oxygens (including phenoxy) is 2. The molecule has 0 saturated heterocycles. The molecular weight excluding hydrogens is 249 g/mol. The molecule has 0 fully saturated rings. The average Bonchev–Trinajstić information content (AvgIpc) is 2.27. The summed E-state index contributed by atoms with van der Waals surface area (Å²) in [6.07, 6.45) is -5.29. The van der Waals surface area contributed by atoms with E-state index in [-0.39, 0.29) is 17.3 Å². The summed E-state index contributed by atoms with van der Waals surface area (Å²) in [6.45, 7) is 0.901. The fourth-order valence-corrected chi connectivity index (χ4v) is 1.28. The van der Waals surface area contributed by atoms with E-state index >= 15 is 0 Å². The Hall–Kier alpha value is -1.72. The number of benzene rings is 1. The van der Waals surface area contributed by atoms with Gasteiger partial charge in [0, 0.05) is 5.56 Å².